The molecule has 1 aromatic heterocycles. The van der Waals surface area contributed by atoms with Gasteiger partial charge in [-0.15, -0.1) is 0 Å². The van der Waals surface area contributed by atoms with Gasteiger partial charge < -0.3 is 19.9 Å². The number of pyridine rings is 1. The number of fused-ring (bicyclic) bond motifs is 1. The van der Waals surface area contributed by atoms with Crippen molar-refractivity contribution in [2.75, 3.05) is 31.1 Å². The molecule has 4 rings (SSSR count). The maximum absolute atomic E-state index is 14.7. The molecule has 1 aromatic carbocycles. The minimum Gasteiger partial charge on any atom is -0.477 e. The Morgan fingerprint density at radius 1 is 1.28 bits per heavy atom. The van der Waals surface area contributed by atoms with Gasteiger partial charge >= 0.3 is 5.97 Å². The monoisotopic (exact) mass is 343 g/mol. The van der Waals surface area contributed by atoms with Crippen molar-refractivity contribution in [3.05, 3.63) is 51.1 Å². The smallest absolute Gasteiger partial charge is 0.341 e. The molecule has 7 heteroatoms. The molecule has 0 fully saturated rings. The van der Waals surface area contributed by atoms with Crippen LogP contribution in [0, 0.1) is 5.82 Å². The molecule has 2 aromatic rings. The normalized spacial score (nSPS) is 16.8. The van der Waals surface area contributed by atoms with E-state index in [1.54, 1.807) is 10.6 Å². The lowest BCUT2D eigenvalue weighted by molar-refractivity contribution is 0.0695. The summed E-state index contributed by atoms with van der Waals surface area (Å²) in [5.41, 5.74) is 2.62. The Hall–Kier alpha value is -2.67. The number of anilines is 1. The van der Waals surface area contributed by atoms with Gasteiger partial charge in [-0.1, -0.05) is 0 Å². The maximum Gasteiger partial charge on any atom is 0.341 e. The molecular formula is C18H18FN3O3. The van der Waals surface area contributed by atoms with Crippen LogP contribution in [0.3, 0.4) is 0 Å². The van der Waals surface area contributed by atoms with E-state index in [2.05, 4.69) is 5.32 Å². The zero-order valence-corrected chi connectivity index (χ0v) is 13.8. The van der Waals surface area contributed by atoms with Crippen LogP contribution in [0.15, 0.2) is 34.3 Å². The van der Waals surface area contributed by atoms with Crippen molar-refractivity contribution < 1.29 is 14.3 Å². The predicted molar refractivity (Wildman–Crippen MR) is 92.9 cm³/mol. The molecule has 130 valence electrons. The van der Waals surface area contributed by atoms with Gasteiger partial charge in [-0.3, -0.25) is 4.79 Å². The van der Waals surface area contributed by atoms with Gasteiger partial charge in [-0.25, -0.2) is 9.18 Å². The highest BCUT2D eigenvalue weighted by Gasteiger charge is 2.27. The maximum atomic E-state index is 14.7. The van der Waals surface area contributed by atoms with Gasteiger partial charge in [0.05, 0.1) is 11.2 Å². The van der Waals surface area contributed by atoms with Gasteiger partial charge in [0.2, 0.25) is 5.43 Å². The van der Waals surface area contributed by atoms with E-state index in [1.807, 2.05) is 11.8 Å². The number of aromatic carboxylic acids is 1. The summed E-state index contributed by atoms with van der Waals surface area (Å²) in [6, 6.07) is 2.84. The summed E-state index contributed by atoms with van der Waals surface area (Å²) in [5, 5.41) is 12.6. The van der Waals surface area contributed by atoms with Crippen LogP contribution in [0.2, 0.25) is 0 Å². The van der Waals surface area contributed by atoms with Crippen LogP contribution in [-0.2, 0) is 6.54 Å². The number of benzene rings is 1. The van der Waals surface area contributed by atoms with E-state index < -0.39 is 17.2 Å². The molecular weight excluding hydrogens is 325 g/mol. The minimum absolute atomic E-state index is 0.101. The number of aromatic nitrogens is 1. The van der Waals surface area contributed by atoms with E-state index in [9.17, 15) is 19.1 Å². The number of carboxylic acids is 1. The fourth-order valence-electron chi connectivity index (χ4n) is 3.69. The molecule has 3 heterocycles. The van der Waals surface area contributed by atoms with Crippen LogP contribution >= 0.6 is 0 Å². The second-order valence-corrected chi connectivity index (χ2v) is 6.45. The summed E-state index contributed by atoms with van der Waals surface area (Å²) in [6.45, 7) is 5.37. The van der Waals surface area contributed by atoms with E-state index in [0.717, 1.165) is 13.1 Å². The van der Waals surface area contributed by atoms with Gasteiger partial charge in [0.25, 0.3) is 0 Å². The highest BCUT2D eigenvalue weighted by Crippen LogP contribution is 2.31. The molecule has 0 aliphatic carbocycles. The van der Waals surface area contributed by atoms with Crippen LogP contribution in [-0.4, -0.2) is 41.8 Å². The highest BCUT2D eigenvalue weighted by atomic mass is 19.1. The van der Waals surface area contributed by atoms with Crippen molar-refractivity contribution in [3.63, 3.8) is 0 Å². The summed E-state index contributed by atoms with van der Waals surface area (Å²) in [4.78, 5) is 25.6. The third-order valence-corrected chi connectivity index (χ3v) is 5.00. The van der Waals surface area contributed by atoms with E-state index in [1.165, 1.54) is 23.4 Å². The molecule has 0 radical (unpaired) electrons. The molecule has 2 N–H and O–H groups in total. The van der Waals surface area contributed by atoms with Crippen molar-refractivity contribution >= 4 is 22.6 Å². The summed E-state index contributed by atoms with van der Waals surface area (Å²) >= 11 is 0. The molecule has 0 atom stereocenters. The number of nitrogens with zero attached hydrogens (tertiary/aromatic N) is 2. The third-order valence-electron chi connectivity index (χ3n) is 5.00. The van der Waals surface area contributed by atoms with Crippen LogP contribution in [0.25, 0.3) is 10.9 Å². The molecule has 0 saturated heterocycles. The molecule has 2 aliphatic rings. The minimum atomic E-state index is -1.30. The number of rotatable bonds is 3. The van der Waals surface area contributed by atoms with E-state index in [-0.39, 0.29) is 10.9 Å². The summed E-state index contributed by atoms with van der Waals surface area (Å²) in [5.74, 6) is -1.80. The lowest BCUT2D eigenvalue weighted by Crippen LogP contribution is -2.27. The number of aryl methyl sites for hydroxylation is 1. The topological polar surface area (TPSA) is 74.6 Å². The van der Waals surface area contributed by atoms with Gasteiger partial charge in [0.1, 0.15) is 11.4 Å². The van der Waals surface area contributed by atoms with Crippen molar-refractivity contribution in [3.8, 4) is 0 Å². The third kappa shape index (κ3) is 2.42. The number of halogens is 1. The molecule has 2 aliphatic heterocycles. The van der Waals surface area contributed by atoms with Crippen molar-refractivity contribution in [1.29, 1.82) is 0 Å². The Bertz CT molecular complexity index is 977. The fraction of sp³-hybridized carbons (Fsp3) is 0.333. The Kier molecular flexibility index (Phi) is 3.61. The average molecular weight is 343 g/mol. The van der Waals surface area contributed by atoms with Crippen molar-refractivity contribution in [1.82, 2.24) is 9.88 Å². The van der Waals surface area contributed by atoms with Crippen LogP contribution in [0.1, 0.15) is 17.3 Å². The average Bonchev–Trinajstić information content (AvgIpc) is 3.16. The molecule has 0 saturated carbocycles. The Labute approximate surface area is 143 Å². The van der Waals surface area contributed by atoms with Crippen LogP contribution < -0.4 is 15.6 Å². The summed E-state index contributed by atoms with van der Waals surface area (Å²) in [7, 11) is 0. The molecule has 0 amide bonds. The number of hydrogen-bond donors (Lipinski definition) is 2. The van der Waals surface area contributed by atoms with Gasteiger partial charge in [-0.2, -0.15) is 0 Å². The Balaban J connectivity index is 1.86. The molecule has 0 spiro atoms. The second-order valence-electron chi connectivity index (χ2n) is 6.45. The second kappa shape index (κ2) is 5.70. The highest BCUT2D eigenvalue weighted by molar-refractivity contribution is 5.93. The van der Waals surface area contributed by atoms with Gasteiger partial charge in [-0.05, 0) is 30.2 Å². The summed E-state index contributed by atoms with van der Waals surface area (Å²) in [6.07, 6.45) is 1.33. The van der Waals surface area contributed by atoms with Gasteiger partial charge in [0, 0.05) is 44.3 Å². The Morgan fingerprint density at radius 3 is 2.56 bits per heavy atom. The SMILES string of the molecule is CCn1cc(C(=O)O)c(=O)c2cc(F)c(N3CC4=C(CNC4)C3)cc21. The zero-order chi connectivity index (χ0) is 17.7. The molecule has 6 nitrogen and oxygen atoms in total. The van der Waals surface area contributed by atoms with Crippen molar-refractivity contribution in [2.24, 2.45) is 0 Å². The number of carbonyl (C=O) groups is 1. The molecule has 0 bridgehead atoms. The lowest BCUT2D eigenvalue weighted by Gasteiger charge is -2.22. The van der Waals surface area contributed by atoms with Crippen LogP contribution in [0.4, 0.5) is 10.1 Å². The number of hydrogen-bond acceptors (Lipinski definition) is 4. The quantitative estimate of drug-likeness (QED) is 0.828. The number of carboxylic acid groups (broad SMARTS) is 1. The Morgan fingerprint density at radius 2 is 1.96 bits per heavy atom. The first-order chi connectivity index (χ1) is 12.0. The number of nitrogens with one attached hydrogen (secondary N) is 1. The fourth-order valence-corrected chi connectivity index (χ4v) is 3.69. The molecule has 25 heavy (non-hydrogen) atoms. The first-order valence-electron chi connectivity index (χ1n) is 8.25. The van der Waals surface area contributed by atoms with Gasteiger partial charge in [0.15, 0.2) is 0 Å². The van der Waals surface area contributed by atoms with E-state index in [0.29, 0.717) is 30.8 Å². The predicted octanol–water partition coefficient (Wildman–Crippen LogP) is 1.58. The summed E-state index contributed by atoms with van der Waals surface area (Å²) < 4.78 is 16.4. The van der Waals surface area contributed by atoms with Crippen molar-refractivity contribution in [2.45, 2.75) is 13.5 Å². The largest absolute Gasteiger partial charge is 0.477 e. The zero-order valence-electron chi connectivity index (χ0n) is 13.8. The molecule has 0 unspecified atom stereocenters. The lowest BCUT2D eigenvalue weighted by atomic mass is 10.1. The van der Waals surface area contributed by atoms with E-state index >= 15 is 0 Å². The standard InChI is InChI=1S/C18H18FN3O3/c1-2-21-9-13(18(24)25)17(23)12-3-14(19)16(4-15(12)21)22-7-10-5-20-6-11(10)8-22/h3-4,9,20H,2,5-8H2,1H3,(H,24,25). The first kappa shape index (κ1) is 15.8. The first-order valence-corrected chi connectivity index (χ1v) is 8.25. The van der Waals surface area contributed by atoms with E-state index in [4.69, 9.17) is 0 Å². The van der Waals surface area contributed by atoms with Crippen LogP contribution in [0.5, 0.6) is 0 Å².